The molecule has 6 nitrogen and oxygen atoms in total. The summed E-state index contributed by atoms with van der Waals surface area (Å²) in [5.41, 5.74) is -0.772. The lowest BCUT2D eigenvalue weighted by Gasteiger charge is -2.31. The zero-order chi connectivity index (χ0) is 22.4. The van der Waals surface area contributed by atoms with E-state index < -0.39 is 5.41 Å². The van der Waals surface area contributed by atoms with Crippen LogP contribution >= 0.6 is 36.2 Å². The molecule has 3 unspecified atom stereocenters. The number of ether oxygens (including phenoxy) is 3. The summed E-state index contributed by atoms with van der Waals surface area (Å²) in [7, 11) is 0. The van der Waals surface area contributed by atoms with Crippen LogP contribution in [0.25, 0.3) is 0 Å². The van der Waals surface area contributed by atoms with Crippen LogP contribution in [0.15, 0.2) is 0 Å². The van der Waals surface area contributed by atoms with Gasteiger partial charge in [0.2, 0.25) is 0 Å². The van der Waals surface area contributed by atoms with Crippen LogP contribution in [0.4, 0.5) is 0 Å². The van der Waals surface area contributed by atoms with E-state index in [4.69, 9.17) is 14.2 Å². The first kappa shape index (κ1) is 28.5. The van der Waals surface area contributed by atoms with E-state index in [9.17, 15) is 14.4 Å². The molecule has 0 aromatic rings. The Balaban J connectivity index is 5.02. The van der Waals surface area contributed by atoms with Crippen LogP contribution in [-0.2, 0) is 28.6 Å². The number of thiol groups is 1. The van der Waals surface area contributed by atoms with Crippen molar-refractivity contribution in [1.82, 2.24) is 0 Å². The van der Waals surface area contributed by atoms with Crippen LogP contribution in [-0.4, -0.2) is 66.0 Å². The van der Waals surface area contributed by atoms with Crippen LogP contribution in [0.3, 0.4) is 0 Å². The molecule has 0 saturated heterocycles. The van der Waals surface area contributed by atoms with Crippen molar-refractivity contribution in [1.29, 1.82) is 0 Å². The molecule has 0 saturated carbocycles. The minimum absolute atomic E-state index is 0.0134. The molecule has 0 radical (unpaired) electrons. The second-order valence-corrected chi connectivity index (χ2v) is 10.8. The summed E-state index contributed by atoms with van der Waals surface area (Å²) in [6.45, 7) is 7.67. The summed E-state index contributed by atoms with van der Waals surface area (Å²) >= 11 is 7.37. The average molecular weight is 469 g/mol. The van der Waals surface area contributed by atoms with Gasteiger partial charge in [-0.3, -0.25) is 14.4 Å². The molecule has 0 aromatic carbocycles. The molecule has 170 valence electrons. The molecule has 0 N–H and O–H groups in total. The number of esters is 3. The highest BCUT2D eigenvalue weighted by molar-refractivity contribution is 7.99. The fraction of sp³-hybridized carbons (Fsp3) is 0.850. The fourth-order valence-corrected chi connectivity index (χ4v) is 2.94. The van der Waals surface area contributed by atoms with Crippen molar-refractivity contribution in [3.8, 4) is 0 Å². The molecule has 0 fully saturated rings. The Bertz CT molecular complexity index is 484. The normalized spacial score (nSPS) is 16.2. The zero-order valence-corrected chi connectivity index (χ0v) is 20.9. The number of carbonyl (C=O) groups is 3. The lowest BCUT2D eigenvalue weighted by atomic mass is 9.88. The third kappa shape index (κ3) is 13.4. The summed E-state index contributed by atoms with van der Waals surface area (Å²) in [6.07, 6.45) is 5.16. The molecule has 0 amide bonds. The van der Waals surface area contributed by atoms with Crippen molar-refractivity contribution >= 4 is 54.1 Å². The Labute approximate surface area is 189 Å². The molecule has 0 spiro atoms. The quantitative estimate of drug-likeness (QED) is 0.219. The lowest BCUT2D eigenvalue weighted by molar-refractivity contribution is -0.162. The first-order valence-electron chi connectivity index (χ1n) is 9.78. The number of hydrogen-bond donors (Lipinski definition) is 1. The zero-order valence-electron chi connectivity index (χ0n) is 18.4. The average Bonchev–Trinajstić information content (AvgIpc) is 2.67. The van der Waals surface area contributed by atoms with E-state index in [1.807, 2.05) is 33.3 Å². The number of rotatable bonds is 15. The van der Waals surface area contributed by atoms with E-state index in [0.29, 0.717) is 19.3 Å². The van der Waals surface area contributed by atoms with Crippen molar-refractivity contribution in [2.45, 2.75) is 69.1 Å². The van der Waals surface area contributed by atoms with Crippen molar-refractivity contribution < 1.29 is 28.6 Å². The van der Waals surface area contributed by atoms with E-state index >= 15 is 0 Å². The smallest absolute Gasteiger partial charge is 0.306 e. The standard InChI is InChI=1S/C20H36O6S3/c1-7-20(11-24-17(21)8-14(2)27,12-25-18(22)9-15(3)28-5)13-26-19(23)10-16(4)29-6/h14-16,27H,7-13H2,1-6H3. The third-order valence-corrected chi connectivity index (χ3v) is 6.67. The number of carbonyl (C=O) groups excluding carboxylic acids is 3. The van der Waals surface area contributed by atoms with E-state index in [1.54, 1.807) is 30.4 Å². The van der Waals surface area contributed by atoms with E-state index in [2.05, 4.69) is 12.6 Å². The Morgan fingerprint density at radius 3 is 1.41 bits per heavy atom. The maximum atomic E-state index is 12.1. The predicted octanol–water partition coefficient (Wildman–Crippen LogP) is 4.00. The number of hydrogen-bond acceptors (Lipinski definition) is 9. The topological polar surface area (TPSA) is 78.9 Å². The van der Waals surface area contributed by atoms with Gasteiger partial charge in [0.05, 0.1) is 24.7 Å². The highest BCUT2D eigenvalue weighted by Crippen LogP contribution is 2.26. The van der Waals surface area contributed by atoms with Gasteiger partial charge in [0.15, 0.2) is 0 Å². The third-order valence-electron chi connectivity index (χ3n) is 4.54. The molecule has 0 aromatic heterocycles. The minimum atomic E-state index is -0.772. The fourth-order valence-electron chi connectivity index (χ4n) is 2.19. The van der Waals surface area contributed by atoms with E-state index in [-0.39, 0.29) is 59.9 Å². The van der Waals surface area contributed by atoms with Gasteiger partial charge in [-0.15, -0.1) is 0 Å². The Morgan fingerprint density at radius 2 is 1.14 bits per heavy atom. The first-order valence-corrected chi connectivity index (χ1v) is 12.9. The minimum Gasteiger partial charge on any atom is -0.465 e. The monoisotopic (exact) mass is 468 g/mol. The van der Waals surface area contributed by atoms with Crippen molar-refractivity contribution in [2.24, 2.45) is 5.41 Å². The summed E-state index contributed by atoms with van der Waals surface area (Å²) in [5, 5.41) is 0.188. The second-order valence-electron chi connectivity index (χ2n) is 7.39. The molecule has 0 rings (SSSR count). The molecule has 0 bridgehead atoms. The molecular formula is C20H36O6S3. The van der Waals surface area contributed by atoms with Crippen molar-refractivity contribution in [3.05, 3.63) is 0 Å². The maximum absolute atomic E-state index is 12.1. The van der Waals surface area contributed by atoms with Gasteiger partial charge in [0, 0.05) is 15.7 Å². The summed E-state index contributed by atoms with van der Waals surface area (Å²) < 4.78 is 16.3. The van der Waals surface area contributed by atoms with Gasteiger partial charge in [-0.25, -0.2) is 0 Å². The van der Waals surface area contributed by atoms with Gasteiger partial charge >= 0.3 is 17.9 Å². The summed E-state index contributed by atoms with van der Waals surface area (Å²) in [6, 6.07) is 0. The van der Waals surface area contributed by atoms with Gasteiger partial charge in [-0.05, 0) is 18.9 Å². The largest absolute Gasteiger partial charge is 0.465 e. The Kier molecular flexibility index (Phi) is 15.0. The Morgan fingerprint density at radius 1 is 0.793 bits per heavy atom. The first-order chi connectivity index (χ1) is 13.6. The van der Waals surface area contributed by atoms with Gasteiger partial charge < -0.3 is 14.2 Å². The van der Waals surface area contributed by atoms with E-state index in [1.165, 1.54) is 0 Å². The SMILES string of the molecule is CCC(COC(=O)CC(C)S)(COC(=O)CC(C)SC)COC(=O)CC(C)SC. The van der Waals surface area contributed by atoms with Crippen molar-refractivity contribution in [2.75, 3.05) is 32.3 Å². The molecule has 0 aliphatic rings. The van der Waals surface area contributed by atoms with Crippen LogP contribution < -0.4 is 0 Å². The summed E-state index contributed by atoms with van der Waals surface area (Å²) in [4.78, 5) is 36.2. The molecular weight excluding hydrogens is 432 g/mol. The highest BCUT2D eigenvalue weighted by atomic mass is 32.2. The van der Waals surface area contributed by atoms with E-state index in [0.717, 1.165) is 0 Å². The molecule has 3 atom stereocenters. The van der Waals surface area contributed by atoms with Gasteiger partial charge in [0.25, 0.3) is 0 Å². The summed E-state index contributed by atoms with van der Waals surface area (Å²) in [5.74, 6) is -1.01. The van der Waals surface area contributed by atoms with Gasteiger partial charge in [0.1, 0.15) is 19.8 Å². The van der Waals surface area contributed by atoms with Crippen LogP contribution in [0.5, 0.6) is 0 Å². The predicted molar refractivity (Wildman–Crippen MR) is 124 cm³/mol. The molecule has 0 aliphatic carbocycles. The lowest BCUT2D eigenvalue weighted by Crippen LogP contribution is -2.39. The van der Waals surface area contributed by atoms with Gasteiger partial charge in [-0.2, -0.15) is 36.2 Å². The van der Waals surface area contributed by atoms with Gasteiger partial charge in [-0.1, -0.05) is 27.7 Å². The Hall–Kier alpha value is -0.540. The van der Waals surface area contributed by atoms with Crippen LogP contribution in [0, 0.1) is 5.41 Å². The molecule has 0 aliphatic heterocycles. The van der Waals surface area contributed by atoms with Crippen LogP contribution in [0.2, 0.25) is 0 Å². The number of thioether (sulfide) groups is 2. The molecule has 0 heterocycles. The molecule has 9 heteroatoms. The second kappa shape index (κ2) is 15.3. The van der Waals surface area contributed by atoms with Crippen molar-refractivity contribution in [3.63, 3.8) is 0 Å². The maximum Gasteiger partial charge on any atom is 0.306 e. The molecule has 29 heavy (non-hydrogen) atoms. The highest BCUT2D eigenvalue weighted by Gasteiger charge is 2.34. The van der Waals surface area contributed by atoms with Crippen LogP contribution in [0.1, 0.15) is 53.4 Å².